The van der Waals surface area contributed by atoms with Gasteiger partial charge in [0.25, 0.3) is 0 Å². The lowest BCUT2D eigenvalue weighted by Crippen LogP contribution is -2.50. The number of alkyl halides is 1. The second kappa shape index (κ2) is 13.8. The molecule has 3 aliphatic rings. The Kier molecular flexibility index (Phi) is 10.8. The molecule has 2 N–H and O–H groups in total. The molecule has 9 heteroatoms. The molecule has 37 heavy (non-hydrogen) atoms. The van der Waals surface area contributed by atoms with Gasteiger partial charge in [0.05, 0.1) is 30.3 Å². The molecular formula is C28H39IN2O5S. The maximum absolute atomic E-state index is 13.5. The largest absolute Gasteiger partial charge is 0.390 e. The third kappa shape index (κ3) is 8.19. The van der Waals surface area contributed by atoms with Crippen LogP contribution in [0.2, 0.25) is 0 Å². The number of hydrogen-bond donors (Lipinski definition) is 2. The van der Waals surface area contributed by atoms with Crippen LogP contribution in [0, 0.1) is 17.8 Å². The molecule has 1 aromatic rings. The average Bonchev–Trinajstić information content (AvgIpc) is 3.49. The molecule has 7 atom stereocenters. The number of hydrogen-bond acceptors (Lipinski definition) is 5. The minimum atomic E-state index is -1.38. The van der Waals surface area contributed by atoms with E-state index in [1.54, 1.807) is 0 Å². The second-order valence-corrected chi connectivity index (χ2v) is 13.7. The molecule has 2 heterocycles. The average molecular weight is 643 g/mol. The maximum atomic E-state index is 13.5. The van der Waals surface area contributed by atoms with E-state index in [-0.39, 0.29) is 36.5 Å². The van der Waals surface area contributed by atoms with Crippen molar-refractivity contribution >= 4 is 39.5 Å². The quantitative estimate of drug-likeness (QED) is 0.268. The predicted octanol–water partition coefficient (Wildman–Crippen LogP) is 3.74. The van der Waals surface area contributed by atoms with Crippen molar-refractivity contribution in [2.75, 3.05) is 26.3 Å². The number of ether oxygens (including phenoxy) is 2. The fraction of sp³-hybridized carbons (Fsp3) is 0.607. The normalized spacial score (nSPS) is 27.7. The van der Waals surface area contributed by atoms with Crippen LogP contribution in [0.1, 0.15) is 38.7 Å². The minimum Gasteiger partial charge on any atom is -0.390 e. The Morgan fingerprint density at radius 2 is 2.03 bits per heavy atom. The molecule has 1 amide bonds. The number of allylic oxidation sites excluding steroid dienone is 3. The van der Waals surface area contributed by atoms with Gasteiger partial charge in [0.2, 0.25) is 5.91 Å². The summed E-state index contributed by atoms with van der Waals surface area (Å²) in [5.41, 5.74) is 1.03. The summed E-state index contributed by atoms with van der Waals surface area (Å²) in [4.78, 5) is 13.9. The van der Waals surface area contributed by atoms with Crippen molar-refractivity contribution in [1.82, 2.24) is 9.62 Å². The number of fused-ring (bicyclic) bond motifs is 1. The topological polar surface area (TPSA) is 88.1 Å². The lowest BCUT2D eigenvalue weighted by atomic mass is 9.90. The van der Waals surface area contributed by atoms with Crippen LogP contribution < -0.4 is 5.32 Å². The Morgan fingerprint density at radius 3 is 2.73 bits per heavy atom. The Balaban J connectivity index is 1.45. The van der Waals surface area contributed by atoms with Gasteiger partial charge >= 0.3 is 0 Å². The number of halogens is 1. The molecule has 2 fully saturated rings. The van der Waals surface area contributed by atoms with E-state index in [2.05, 4.69) is 47.8 Å². The number of amides is 1. The van der Waals surface area contributed by atoms with Gasteiger partial charge in [-0.1, -0.05) is 78.9 Å². The molecule has 0 saturated carbocycles. The SMILES string of the molecule is CC(C)CN(C[C@@H](O)C(Cc1ccccc1)NC(=O)CC1COC2OCCC12)S(=O)C1=CCC(I)C=C1. The van der Waals surface area contributed by atoms with Crippen LogP contribution in [0.25, 0.3) is 0 Å². The Hall–Kier alpha value is -1.11. The van der Waals surface area contributed by atoms with Gasteiger partial charge in [-0.15, -0.1) is 0 Å². The van der Waals surface area contributed by atoms with Gasteiger partial charge in [-0.05, 0) is 42.7 Å². The third-order valence-electron chi connectivity index (χ3n) is 7.13. The van der Waals surface area contributed by atoms with Crippen molar-refractivity contribution in [2.24, 2.45) is 17.8 Å². The molecule has 204 valence electrons. The minimum absolute atomic E-state index is 0.0938. The summed E-state index contributed by atoms with van der Waals surface area (Å²) in [5, 5.41) is 14.5. The first-order valence-corrected chi connectivity index (χ1v) is 15.6. The second-order valence-electron chi connectivity index (χ2n) is 10.6. The first-order valence-electron chi connectivity index (χ1n) is 13.2. The number of nitrogens with zero attached hydrogens (tertiary/aromatic N) is 1. The highest BCUT2D eigenvalue weighted by Gasteiger charge is 2.42. The Bertz CT molecular complexity index is 988. The van der Waals surface area contributed by atoms with E-state index in [1.165, 1.54) is 0 Å². The van der Waals surface area contributed by atoms with Gasteiger partial charge in [0, 0.05) is 29.4 Å². The lowest BCUT2D eigenvalue weighted by molar-refractivity contribution is -0.124. The van der Waals surface area contributed by atoms with Gasteiger partial charge in [0.15, 0.2) is 6.29 Å². The molecular weight excluding hydrogens is 603 g/mol. The van der Waals surface area contributed by atoms with Crippen molar-refractivity contribution < 1.29 is 23.6 Å². The number of rotatable bonds is 12. The van der Waals surface area contributed by atoms with E-state index in [4.69, 9.17) is 9.47 Å². The van der Waals surface area contributed by atoms with Gasteiger partial charge in [0.1, 0.15) is 11.0 Å². The Morgan fingerprint density at radius 1 is 1.24 bits per heavy atom. The van der Waals surface area contributed by atoms with Crippen molar-refractivity contribution in [3.8, 4) is 0 Å². The molecule has 0 spiro atoms. The summed E-state index contributed by atoms with van der Waals surface area (Å²) >= 11 is 2.36. The molecule has 0 aromatic heterocycles. The zero-order chi connectivity index (χ0) is 26.4. The summed E-state index contributed by atoms with van der Waals surface area (Å²) in [6.45, 7) is 6.14. The fourth-order valence-electron chi connectivity index (χ4n) is 5.22. The van der Waals surface area contributed by atoms with Crippen LogP contribution in [0.15, 0.2) is 53.5 Å². The standard InChI is InChI=1S/C28H39IN2O5S/c1-19(2)16-31(37(34)23-10-8-22(29)9-11-23)17-26(32)25(14-20-6-4-3-5-7-20)30-27(33)15-21-18-36-28-24(21)12-13-35-28/h3-8,10-11,19,21-22,24-26,28,32H,9,12-18H2,1-2H3,(H,30,33)/t21?,22?,24?,25?,26-,28?,37?/m1/s1. The fourth-order valence-corrected chi connectivity index (χ4v) is 7.14. The van der Waals surface area contributed by atoms with Gasteiger partial charge < -0.3 is 19.9 Å². The number of aliphatic hydroxyl groups is 1. The summed E-state index contributed by atoms with van der Waals surface area (Å²) < 4.78 is 27.1. The van der Waals surface area contributed by atoms with Crippen LogP contribution >= 0.6 is 22.6 Å². The van der Waals surface area contributed by atoms with Crippen LogP contribution in [-0.4, -0.2) is 68.2 Å². The molecule has 0 bridgehead atoms. The van der Waals surface area contributed by atoms with Crippen molar-refractivity contribution in [3.63, 3.8) is 0 Å². The highest BCUT2D eigenvalue weighted by atomic mass is 127. The van der Waals surface area contributed by atoms with Crippen molar-refractivity contribution in [2.45, 2.75) is 61.9 Å². The number of benzene rings is 1. The van der Waals surface area contributed by atoms with Crippen molar-refractivity contribution in [1.29, 1.82) is 0 Å². The molecule has 2 aliphatic heterocycles. The van der Waals surface area contributed by atoms with E-state index < -0.39 is 23.1 Å². The molecule has 4 rings (SSSR count). The number of carbonyl (C=O) groups excluding carboxylic acids is 1. The molecule has 6 unspecified atom stereocenters. The van der Waals surface area contributed by atoms with E-state index >= 15 is 0 Å². The van der Waals surface area contributed by atoms with Crippen LogP contribution in [0.3, 0.4) is 0 Å². The van der Waals surface area contributed by atoms with E-state index in [0.717, 1.165) is 23.3 Å². The van der Waals surface area contributed by atoms with E-state index in [0.29, 0.717) is 36.5 Å². The van der Waals surface area contributed by atoms with Crippen LogP contribution in [-0.2, 0) is 31.7 Å². The number of nitrogens with one attached hydrogen (secondary N) is 1. The first kappa shape index (κ1) is 28.9. The van der Waals surface area contributed by atoms with E-state index in [9.17, 15) is 14.1 Å². The zero-order valence-electron chi connectivity index (χ0n) is 21.6. The molecule has 1 aromatic carbocycles. The maximum Gasteiger partial charge on any atom is 0.220 e. The Labute approximate surface area is 236 Å². The first-order chi connectivity index (χ1) is 17.8. The highest BCUT2D eigenvalue weighted by molar-refractivity contribution is 14.1. The van der Waals surface area contributed by atoms with Gasteiger partial charge in [-0.3, -0.25) is 4.79 Å². The van der Waals surface area contributed by atoms with E-state index in [1.807, 2.05) is 46.8 Å². The predicted molar refractivity (Wildman–Crippen MR) is 154 cm³/mol. The lowest BCUT2D eigenvalue weighted by Gasteiger charge is -2.31. The molecule has 7 nitrogen and oxygen atoms in total. The van der Waals surface area contributed by atoms with Crippen molar-refractivity contribution in [3.05, 3.63) is 59.0 Å². The number of aliphatic hydroxyl groups excluding tert-OH is 1. The smallest absolute Gasteiger partial charge is 0.220 e. The summed E-state index contributed by atoms with van der Waals surface area (Å²) in [5.74, 6) is 0.557. The molecule has 0 radical (unpaired) electrons. The van der Waals surface area contributed by atoms with Gasteiger partial charge in [-0.25, -0.2) is 8.51 Å². The summed E-state index contributed by atoms with van der Waals surface area (Å²) in [7, 11) is -1.38. The highest BCUT2D eigenvalue weighted by Crippen LogP contribution is 2.37. The monoisotopic (exact) mass is 642 g/mol. The zero-order valence-corrected chi connectivity index (χ0v) is 24.6. The van der Waals surface area contributed by atoms with Gasteiger partial charge in [-0.2, -0.15) is 0 Å². The summed E-state index contributed by atoms with van der Waals surface area (Å²) in [6, 6.07) is 9.36. The van der Waals surface area contributed by atoms with Crippen LogP contribution in [0.5, 0.6) is 0 Å². The third-order valence-corrected chi connectivity index (χ3v) is 9.53. The molecule has 1 aliphatic carbocycles. The molecule has 2 saturated heterocycles. The number of carbonyl (C=O) groups is 1. The van der Waals surface area contributed by atoms with Crippen LogP contribution in [0.4, 0.5) is 0 Å². The summed E-state index contributed by atoms with van der Waals surface area (Å²) in [6.07, 6.45) is 7.56.